The molecule has 1 amide bonds. The van der Waals surface area contributed by atoms with E-state index in [1.807, 2.05) is 19.1 Å². The van der Waals surface area contributed by atoms with Crippen molar-refractivity contribution >= 4 is 33.3 Å². The van der Waals surface area contributed by atoms with E-state index in [-0.39, 0.29) is 10.8 Å². The lowest BCUT2D eigenvalue weighted by molar-refractivity contribution is -0.135. The van der Waals surface area contributed by atoms with Crippen LogP contribution in [0.3, 0.4) is 0 Å². The number of aryl methyl sites for hydroxylation is 3. The number of sulfonamides is 1. The van der Waals surface area contributed by atoms with Crippen molar-refractivity contribution in [3.63, 3.8) is 0 Å². The maximum atomic E-state index is 13.2. The van der Waals surface area contributed by atoms with Gasteiger partial charge in [-0.2, -0.15) is 0 Å². The first-order chi connectivity index (χ1) is 12.5. The molecule has 0 aromatic heterocycles. The van der Waals surface area contributed by atoms with Crippen molar-refractivity contribution in [2.45, 2.75) is 32.6 Å². The van der Waals surface area contributed by atoms with Gasteiger partial charge in [-0.05, 0) is 56.2 Å². The number of hydrogen-bond acceptors (Lipinski definition) is 4. The lowest BCUT2D eigenvalue weighted by atomic mass is 10.1. The first-order valence-electron chi connectivity index (χ1n) is 8.22. The molecule has 2 rings (SSSR count). The molecule has 0 saturated heterocycles. The molecule has 0 radical (unpaired) electrons. The monoisotopic (exact) mass is 390 g/mol. The number of carbonyl (C=O) groups is 2. The molecular weight excluding hydrogens is 368 g/mol. The fourth-order valence-electron chi connectivity index (χ4n) is 3.01. The van der Waals surface area contributed by atoms with Gasteiger partial charge in [0.1, 0.15) is 6.54 Å². The number of carboxylic acid groups (broad SMARTS) is 1. The molecule has 2 N–H and O–H groups in total. The van der Waals surface area contributed by atoms with Gasteiger partial charge in [-0.15, -0.1) is 0 Å². The summed E-state index contributed by atoms with van der Waals surface area (Å²) in [6, 6.07) is 9.23. The lowest BCUT2D eigenvalue weighted by Crippen LogP contribution is -2.36. The van der Waals surface area contributed by atoms with Crippen LogP contribution < -0.4 is 9.62 Å². The van der Waals surface area contributed by atoms with Crippen LogP contribution in [0, 0.1) is 20.8 Å². The fraction of sp³-hybridized carbons (Fsp3) is 0.263. The minimum atomic E-state index is -4.11. The summed E-state index contributed by atoms with van der Waals surface area (Å²) in [6.07, 6.45) is 0. The summed E-state index contributed by atoms with van der Waals surface area (Å²) < 4.78 is 27.2. The van der Waals surface area contributed by atoms with Gasteiger partial charge in [0.05, 0.1) is 10.6 Å². The normalized spacial score (nSPS) is 11.1. The van der Waals surface area contributed by atoms with E-state index in [1.165, 1.54) is 31.2 Å². The third-order valence-corrected chi connectivity index (χ3v) is 5.69. The minimum Gasteiger partial charge on any atom is -0.480 e. The number of anilines is 2. The Bertz CT molecular complexity index is 959. The molecule has 2 aromatic rings. The van der Waals surface area contributed by atoms with Gasteiger partial charge in [0.25, 0.3) is 10.0 Å². The topological polar surface area (TPSA) is 104 Å². The molecule has 0 atom stereocenters. The van der Waals surface area contributed by atoms with Crippen LogP contribution in [0.4, 0.5) is 11.4 Å². The molecule has 0 spiro atoms. The highest BCUT2D eigenvalue weighted by molar-refractivity contribution is 7.92. The van der Waals surface area contributed by atoms with E-state index in [1.54, 1.807) is 13.8 Å². The highest BCUT2D eigenvalue weighted by atomic mass is 32.2. The maximum Gasteiger partial charge on any atom is 0.324 e. The number of amides is 1. The number of carboxylic acids is 1. The fourth-order valence-corrected chi connectivity index (χ4v) is 4.56. The van der Waals surface area contributed by atoms with Crippen molar-refractivity contribution in [3.05, 3.63) is 53.1 Å². The van der Waals surface area contributed by atoms with E-state index in [0.29, 0.717) is 22.5 Å². The van der Waals surface area contributed by atoms with Crippen molar-refractivity contribution in [2.24, 2.45) is 0 Å². The molecule has 0 bridgehead atoms. The molecule has 0 heterocycles. The van der Waals surface area contributed by atoms with E-state index in [0.717, 1.165) is 9.87 Å². The highest BCUT2D eigenvalue weighted by Gasteiger charge is 2.29. The molecule has 0 fully saturated rings. The van der Waals surface area contributed by atoms with Gasteiger partial charge in [-0.3, -0.25) is 13.9 Å². The van der Waals surface area contributed by atoms with Gasteiger partial charge in [-0.1, -0.05) is 17.7 Å². The molecule has 0 unspecified atom stereocenters. The average molecular weight is 390 g/mol. The zero-order valence-electron chi connectivity index (χ0n) is 15.6. The number of aliphatic carboxylic acids is 1. The standard InChI is InChI=1S/C19H22N2O5S/c1-12-9-13(2)19(14(3)10-12)21(11-18(23)24)27(25,26)17-7-5-16(6-8-17)20-15(4)22/h5-10H,11H2,1-4H3,(H,20,22)(H,23,24). The molecule has 0 aliphatic rings. The summed E-state index contributed by atoms with van der Waals surface area (Å²) in [5, 5.41) is 11.8. The van der Waals surface area contributed by atoms with E-state index in [2.05, 4.69) is 5.32 Å². The molecule has 8 heteroatoms. The van der Waals surface area contributed by atoms with Gasteiger partial charge in [0, 0.05) is 12.6 Å². The summed E-state index contributed by atoms with van der Waals surface area (Å²) >= 11 is 0. The van der Waals surface area contributed by atoms with Crippen molar-refractivity contribution in [2.75, 3.05) is 16.2 Å². The van der Waals surface area contributed by atoms with Crippen molar-refractivity contribution < 1.29 is 23.1 Å². The summed E-state index contributed by atoms with van der Waals surface area (Å²) in [7, 11) is -4.11. The lowest BCUT2D eigenvalue weighted by Gasteiger charge is -2.26. The average Bonchev–Trinajstić information content (AvgIpc) is 2.52. The van der Waals surface area contributed by atoms with E-state index in [4.69, 9.17) is 0 Å². The van der Waals surface area contributed by atoms with Crippen molar-refractivity contribution in [1.82, 2.24) is 0 Å². The van der Waals surface area contributed by atoms with Gasteiger partial charge >= 0.3 is 5.97 Å². The predicted octanol–water partition coefficient (Wildman–Crippen LogP) is 2.85. The Morgan fingerprint density at radius 1 is 1.04 bits per heavy atom. The second kappa shape index (κ2) is 7.79. The number of nitrogens with one attached hydrogen (secondary N) is 1. The summed E-state index contributed by atoms with van der Waals surface area (Å²) in [4.78, 5) is 22.4. The number of rotatable bonds is 6. The van der Waals surface area contributed by atoms with Crippen molar-refractivity contribution in [3.8, 4) is 0 Å². The van der Waals surface area contributed by atoms with Crippen LogP contribution in [0.5, 0.6) is 0 Å². The predicted molar refractivity (Wildman–Crippen MR) is 104 cm³/mol. The van der Waals surface area contributed by atoms with Gasteiger partial charge in [-0.25, -0.2) is 8.42 Å². The number of benzene rings is 2. The van der Waals surface area contributed by atoms with Crippen LogP contribution in [0.25, 0.3) is 0 Å². The quantitative estimate of drug-likeness (QED) is 0.789. The highest BCUT2D eigenvalue weighted by Crippen LogP contribution is 2.31. The minimum absolute atomic E-state index is 0.0581. The molecular formula is C19H22N2O5S. The van der Waals surface area contributed by atoms with Crippen LogP contribution >= 0.6 is 0 Å². The number of nitrogens with zero attached hydrogens (tertiary/aromatic N) is 1. The van der Waals surface area contributed by atoms with Gasteiger partial charge in [0.2, 0.25) is 5.91 Å². The molecule has 144 valence electrons. The Kier molecular flexibility index (Phi) is 5.90. The van der Waals surface area contributed by atoms with E-state index in [9.17, 15) is 23.1 Å². The first-order valence-corrected chi connectivity index (χ1v) is 9.66. The second-order valence-corrected chi connectivity index (χ2v) is 8.22. The second-order valence-electron chi connectivity index (χ2n) is 6.36. The zero-order chi connectivity index (χ0) is 20.4. The Morgan fingerprint density at radius 2 is 1.56 bits per heavy atom. The Hall–Kier alpha value is -2.87. The molecule has 27 heavy (non-hydrogen) atoms. The van der Waals surface area contributed by atoms with Crippen LogP contribution in [-0.4, -0.2) is 31.9 Å². The number of carbonyl (C=O) groups excluding carboxylic acids is 1. The largest absolute Gasteiger partial charge is 0.480 e. The third-order valence-electron chi connectivity index (χ3n) is 3.93. The number of hydrogen-bond donors (Lipinski definition) is 2. The Morgan fingerprint density at radius 3 is 2.00 bits per heavy atom. The molecule has 7 nitrogen and oxygen atoms in total. The smallest absolute Gasteiger partial charge is 0.324 e. The van der Waals surface area contributed by atoms with Gasteiger partial charge in [0.15, 0.2) is 0 Å². The molecule has 0 saturated carbocycles. The molecule has 0 aliphatic carbocycles. The maximum absolute atomic E-state index is 13.2. The van der Waals surface area contributed by atoms with Crippen LogP contribution in [-0.2, 0) is 19.6 Å². The first kappa shape index (κ1) is 20.4. The van der Waals surface area contributed by atoms with Crippen molar-refractivity contribution in [1.29, 1.82) is 0 Å². The third kappa shape index (κ3) is 4.65. The van der Waals surface area contributed by atoms with E-state index >= 15 is 0 Å². The van der Waals surface area contributed by atoms with Crippen LogP contribution in [0.1, 0.15) is 23.6 Å². The Labute approximate surface area is 158 Å². The van der Waals surface area contributed by atoms with Gasteiger partial charge < -0.3 is 10.4 Å². The Balaban J connectivity index is 2.56. The zero-order valence-corrected chi connectivity index (χ0v) is 16.4. The summed E-state index contributed by atoms with van der Waals surface area (Å²) in [5.74, 6) is -1.53. The molecule has 2 aromatic carbocycles. The van der Waals surface area contributed by atoms with Crippen LogP contribution in [0.15, 0.2) is 41.3 Å². The van der Waals surface area contributed by atoms with Crippen LogP contribution in [0.2, 0.25) is 0 Å². The summed E-state index contributed by atoms with van der Waals surface area (Å²) in [5.41, 5.74) is 3.11. The van der Waals surface area contributed by atoms with E-state index < -0.39 is 22.5 Å². The SMILES string of the molecule is CC(=O)Nc1ccc(S(=O)(=O)N(CC(=O)O)c2c(C)cc(C)cc2C)cc1. The molecule has 0 aliphatic heterocycles. The summed E-state index contributed by atoms with van der Waals surface area (Å²) in [6.45, 7) is 6.04.